The second kappa shape index (κ2) is 4.82. The van der Waals surface area contributed by atoms with Crippen molar-refractivity contribution in [2.24, 2.45) is 4.99 Å². The van der Waals surface area contributed by atoms with Crippen LogP contribution < -0.4 is 0 Å². The second-order valence-corrected chi connectivity index (χ2v) is 3.11. The van der Waals surface area contributed by atoms with Crippen LogP contribution in [-0.4, -0.2) is 37.9 Å². The summed E-state index contributed by atoms with van der Waals surface area (Å²) < 4.78 is 5.25. The van der Waals surface area contributed by atoms with E-state index in [1.165, 1.54) is 0 Å². The van der Waals surface area contributed by atoms with E-state index in [4.69, 9.17) is 4.74 Å². The molecule has 0 radical (unpaired) electrons. The van der Waals surface area contributed by atoms with Crippen LogP contribution in [0.15, 0.2) is 29.0 Å². The molecule has 1 aliphatic rings. The minimum absolute atomic E-state index is 0.767. The normalized spacial score (nSPS) is 18.5. The van der Waals surface area contributed by atoms with Crippen molar-refractivity contribution in [3.05, 3.63) is 24.0 Å². The molecule has 0 aromatic carbocycles. The minimum Gasteiger partial charge on any atom is -0.378 e. The van der Waals surface area contributed by atoms with E-state index in [2.05, 4.69) is 23.2 Å². The summed E-state index contributed by atoms with van der Waals surface area (Å²) in [7, 11) is 0. The van der Waals surface area contributed by atoms with E-state index >= 15 is 0 Å². The quantitative estimate of drug-likeness (QED) is 0.485. The van der Waals surface area contributed by atoms with Crippen molar-refractivity contribution in [1.29, 1.82) is 0 Å². The van der Waals surface area contributed by atoms with Gasteiger partial charge in [0.2, 0.25) is 0 Å². The van der Waals surface area contributed by atoms with Gasteiger partial charge in [0.05, 0.1) is 13.2 Å². The average molecular weight is 180 g/mol. The summed E-state index contributed by atoms with van der Waals surface area (Å²) in [6.45, 7) is 12.6. The predicted octanol–water partition coefficient (Wildman–Crippen LogP) is 1.44. The molecule has 0 unspecified atom stereocenters. The monoisotopic (exact) mass is 180 g/mol. The van der Waals surface area contributed by atoms with E-state index in [1.807, 2.05) is 13.0 Å². The zero-order valence-corrected chi connectivity index (χ0v) is 8.12. The van der Waals surface area contributed by atoms with E-state index in [1.54, 1.807) is 0 Å². The number of allylic oxidation sites excluding steroid dienone is 2. The molecule has 0 spiro atoms. The Kier molecular flexibility index (Phi) is 3.71. The molecule has 1 aliphatic heterocycles. The van der Waals surface area contributed by atoms with Gasteiger partial charge in [-0.15, -0.1) is 0 Å². The number of aliphatic imine (C=N–C) groups is 1. The van der Waals surface area contributed by atoms with Crippen molar-refractivity contribution < 1.29 is 4.74 Å². The maximum absolute atomic E-state index is 5.25. The zero-order chi connectivity index (χ0) is 9.68. The van der Waals surface area contributed by atoms with Gasteiger partial charge in [-0.25, -0.2) is 4.99 Å². The van der Waals surface area contributed by atoms with Crippen molar-refractivity contribution in [2.75, 3.05) is 26.3 Å². The Morgan fingerprint density at radius 3 is 2.54 bits per heavy atom. The number of rotatable bonds is 3. The number of hydrogen-bond donors (Lipinski definition) is 0. The molecule has 0 aromatic rings. The van der Waals surface area contributed by atoms with Gasteiger partial charge in [0.15, 0.2) is 0 Å². The molecule has 0 aliphatic carbocycles. The van der Waals surface area contributed by atoms with E-state index in [0.717, 1.165) is 37.7 Å². The third kappa shape index (κ3) is 3.03. The summed E-state index contributed by atoms with van der Waals surface area (Å²) in [6.07, 6.45) is 1.94. The fourth-order valence-electron chi connectivity index (χ4n) is 1.25. The Morgan fingerprint density at radius 1 is 1.46 bits per heavy atom. The van der Waals surface area contributed by atoms with Crippen molar-refractivity contribution in [3.8, 4) is 0 Å². The van der Waals surface area contributed by atoms with E-state index in [9.17, 15) is 0 Å². The number of nitrogens with zero attached hydrogens (tertiary/aromatic N) is 2. The molecule has 0 amide bonds. The van der Waals surface area contributed by atoms with Crippen LogP contribution in [0.1, 0.15) is 6.92 Å². The van der Waals surface area contributed by atoms with Crippen molar-refractivity contribution in [3.63, 3.8) is 0 Å². The average Bonchev–Trinajstić information content (AvgIpc) is 2.15. The van der Waals surface area contributed by atoms with Gasteiger partial charge in [-0.2, -0.15) is 0 Å². The van der Waals surface area contributed by atoms with Crippen LogP contribution in [0.4, 0.5) is 0 Å². The summed E-state index contributed by atoms with van der Waals surface area (Å²) >= 11 is 0. The first-order valence-corrected chi connectivity index (χ1v) is 4.40. The highest BCUT2D eigenvalue weighted by molar-refractivity contribution is 5.31. The first kappa shape index (κ1) is 9.99. The largest absolute Gasteiger partial charge is 0.378 e. The molecule has 1 saturated heterocycles. The molecule has 0 saturated carbocycles. The lowest BCUT2D eigenvalue weighted by atomic mass is 10.3. The van der Waals surface area contributed by atoms with Crippen LogP contribution in [0.2, 0.25) is 0 Å². The fourth-order valence-corrected chi connectivity index (χ4v) is 1.25. The van der Waals surface area contributed by atoms with Crippen LogP contribution in [0, 0.1) is 0 Å². The lowest BCUT2D eigenvalue weighted by molar-refractivity contribution is 0.0532. The molecule has 3 heteroatoms. The fraction of sp³-hybridized carbons (Fsp3) is 0.500. The Hall–Kier alpha value is -1.09. The lowest BCUT2D eigenvalue weighted by Gasteiger charge is -2.28. The number of morpholine rings is 1. The van der Waals surface area contributed by atoms with Crippen LogP contribution in [-0.2, 0) is 4.74 Å². The van der Waals surface area contributed by atoms with Crippen molar-refractivity contribution in [2.45, 2.75) is 6.92 Å². The highest BCUT2D eigenvalue weighted by atomic mass is 16.5. The van der Waals surface area contributed by atoms with Gasteiger partial charge in [0.25, 0.3) is 0 Å². The SMILES string of the molecule is C=N/C(=C\C(=C)C)N1CCOCC1. The third-order valence-electron chi connectivity index (χ3n) is 1.87. The Labute approximate surface area is 79.4 Å². The molecule has 0 atom stereocenters. The Bertz CT molecular complexity index is 227. The zero-order valence-electron chi connectivity index (χ0n) is 8.12. The smallest absolute Gasteiger partial charge is 0.128 e. The highest BCUT2D eigenvalue weighted by Gasteiger charge is 2.11. The minimum atomic E-state index is 0.767. The summed E-state index contributed by atoms with van der Waals surface area (Å²) in [5.74, 6) is 0.899. The van der Waals surface area contributed by atoms with Crippen LogP contribution in [0.5, 0.6) is 0 Å². The number of ether oxygens (including phenoxy) is 1. The molecule has 13 heavy (non-hydrogen) atoms. The van der Waals surface area contributed by atoms with E-state index in [-0.39, 0.29) is 0 Å². The summed E-state index contributed by atoms with van der Waals surface area (Å²) in [5.41, 5.74) is 0.994. The first-order valence-electron chi connectivity index (χ1n) is 4.40. The molecule has 0 bridgehead atoms. The Morgan fingerprint density at radius 2 is 2.08 bits per heavy atom. The van der Waals surface area contributed by atoms with E-state index in [0.29, 0.717) is 0 Å². The second-order valence-electron chi connectivity index (χ2n) is 3.11. The van der Waals surface area contributed by atoms with Crippen LogP contribution in [0.3, 0.4) is 0 Å². The van der Waals surface area contributed by atoms with Gasteiger partial charge in [0.1, 0.15) is 5.82 Å². The molecular formula is C10H16N2O. The van der Waals surface area contributed by atoms with Crippen LogP contribution in [0.25, 0.3) is 0 Å². The van der Waals surface area contributed by atoms with Gasteiger partial charge >= 0.3 is 0 Å². The number of hydrogen-bond acceptors (Lipinski definition) is 3. The van der Waals surface area contributed by atoms with E-state index < -0.39 is 0 Å². The van der Waals surface area contributed by atoms with Gasteiger partial charge in [-0.05, 0) is 19.7 Å². The summed E-state index contributed by atoms with van der Waals surface area (Å²) in [4.78, 5) is 6.13. The Balaban J connectivity index is 2.64. The molecule has 0 N–H and O–H groups in total. The molecule has 1 rings (SSSR count). The van der Waals surface area contributed by atoms with Crippen LogP contribution >= 0.6 is 0 Å². The maximum Gasteiger partial charge on any atom is 0.128 e. The third-order valence-corrected chi connectivity index (χ3v) is 1.87. The topological polar surface area (TPSA) is 24.8 Å². The summed E-state index contributed by atoms with van der Waals surface area (Å²) in [6, 6.07) is 0. The standard InChI is InChI=1S/C10H16N2O/c1-9(2)8-10(11-3)12-4-6-13-7-5-12/h8H,1,3-7H2,2H3/b10-8+. The molecule has 3 nitrogen and oxygen atoms in total. The lowest BCUT2D eigenvalue weighted by Crippen LogP contribution is -2.35. The molecule has 0 aromatic heterocycles. The first-order chi connectivity index (χ1) is 6.24. The molecular weight excluding hydrogens is 164 g/mol. The van der Waals surface area contributed by atoms with Gasteiger partial charge < -0.3 is 9.64 Å². The maximum atomic E-state index is 5.25. The van der Waals surface area contributed by atoms with Gasteiger partial charge in [-0.1, -0.05) is 12.2 Å². The van der Waals surface area contributed by atoms with Crippen molar-refractivity contribution >= 4 is 6.72 Å². The molecule has 1 heterocycles. The van der Waals surface area contributed by atoms with Gasteiger partial charge in [0, 0.05) is 13.1 Å². The van der Waals surface area contributed by atoms with Crippen molar-refractivity contribution in [1.82, 2.24) is 4.90 Å². The van der Waals surface area contributed by atoms with Gasteiger partial charge in [-0.3, -0.25) is 0 Å². The molecule has 72 valence electrons. The molecule has 1 fully saturated rings. The summed E-state index contributed by atoms with van der Waals surface area (Å²) in [5, 5.41) is 0. The predicted molar refractivity (Wildman–Crippen MR) is 54.8 cm³/mol. The highest BCUT2D eigenvalue weighted by Crippen LogP contribution is 2.10.